The van der Waals surface area contributed by atoms with Crippen LogP contribution >= 0.6 is 0 Å². The van der Waals surface area contributed by atoms with Gasteiger partial charge in [-0.3, -0.25) is 4.57 Å². The van der Waals surface area contributed by atoms with Gasteiger partial charge in [0.1, 0.15) is 12.1 Å². The van der Waals surface area contributed by atoms with Crippen LogP contribution in [0.15, 0.2) is 37.1 Å². The number of rotatable bonds is 1. The minimum Gasteiger partial charge on any atom is -0.291 e. The third-order valence-corrected chi connectivity index (χ3v) is 1.66. The summed E-state index contributed by atoms with van der Waals surface area (Å²) in [5, 5.41) is 0. The van der Waals surface area contributed by atoms with Gasteiger partial charge in [-0.05, 0) is 18.6 Å². The summed E-state index contributed by atoms with van der Waals surface area (Å²) < 4.78 is 1.87. The lowest BCUT2D eigenvalue weighted by atomic mass is 10.3. The highest BCUT2D eigenvalue weighted by molar-refractivity contribution is 5.24. The highest BCUT2D eigenvalue weighted by Crippen LogP contribution is 2.03. The third-order valence-electron chi connectivity index (χ3n) is 1.66. The normalized spacial score (nSPS) is 9.07. The van der Waals surface area contributed by atoms with Gasteiger partial charge >= 0.3 is 0 Å². The smallest absolute Gasteiger partial charge is 0.137 e. The second-order valence-corrected chi connectivity index (χ2v) is 2.66. The van der Waals surface area contributed by atoms with Crippen molar-refractivity contribution < 1.29 is 0 Å². The van der Waals surface area contributed by atoms with Gasteiger partial charge < -0.3 is 0 Å². The first-order valence-electron chi connectivity index (χ1n) is 4.77. The summed E-state index contributed by atoms with van der Waals surface area (Å²) in [5.74, 6) is 0.901. The van der Waals surface area contributed by atoms with Crippen molar-refractivity contribution in [1.82, 2.24) is 14.5 Å². The van der Waals surface area contributed by atoms with Crippen LogP contribution in [0.1, 0.15) is 19.4 Å². The molecule has 2 rings (SSSR count). The summed E-state index contributed by atoms with van der Waals surface area (Å²) in [6.07, 6.45) is 7.19. The molecule has 0 atom stereocenters. The van der Waals surface area contributed by atoms with Crippen LogP contribution in [-0.2, 0) is 0 Å². The van der Waals surface area contributed by atoms with Gasteiger partial charge in [0, 0.05) is 18.6 Å². The molecule has 0 aliphatic rings. The molecule has 0 saturated carbocycles. The molecule has 0 radical (unpaired) electrons. The van der Waals surface area contributed by atoms with Crippen LogP contribution in [0.5, 0.6) is 0 Å². The summed E-state index contributed by atoms with van der Waals surface area (Å²) >= 11 is 0. The fourth-order valence-electron chi connectivity index (χ4n) is 1.01. The molecule has 0 fully saturated rings. The van der Waals surface area contributed by atoms with Crippen molar-refractivity contribution >= 4 is 0 Å². The summed E-state index contributed by atoms with van der Waals surface area (Å²) in [6, 6.07) is 4.00. The molecule has 2 aromatic heterocycles. The summed E-state index contributed by atoms with van der Waals surface area (Å²) in [5.41, 5.74) is 1.17. The van der Waals surface area contributed by atoms with Gasteiger partial charge in [0.05, 0.1) is 0 Å². The number of imidazole rings is 1. The van der Waals surface area contributed by atoms with E-state index in [1.54, 1.807) is 12.5 Å². The largest absolute Gasteiger partial charge is 0.291 e. The van der Waals surface area contributed by atoms with E-state index in [1.807, 2.05) is 49.9 Å². The molecule has 0 bridgehead atoms. The Hall–Kier alpha value is -1.64. The number of nitrogens with zero attached hydrogens (tertiary/aromatic N) is 3. The Labute approximate surface area is 84.4 Å². The van der Waals surface area contributed by atoms with Gasteiger partial charge in [0.15, 0.2) is 0 Å². The molecule has 0 aliphatic heterocycles. The Morgan fingerprint density at radius 1 is 1.21 bits per heavy atom. The molecule has 2 aromatic rings. The Kier molecular flexibility index (Phi) is 3.85. The van der Waals surface area contributed by atoms with Crippen LogP contribution in [0, 0.1) is 6.92 Å². The molecule has 74 valence electrons. The predicted octanol–water partition coefficient (Wildman–Crippen LogP) is 2.60. The third kappa shape index (κ3) is 2.42. The quantitative estimate of drug-likeness (QED) is 0.690. The Morgan fingerprint density at radius 2 is 2.00 bits per heavy atom. The minimum absolute atomic E-state index is 0.901. The number of hydrogen-bond acceptors (Lipinski definition) is 2. The molecule has 3 nitrogen and oxygen atoms in total. The average molecular weight is 189 g/mol. The van der Waals surface area contributed by atoms with Crippen molar-refractivity contribution in [1.29, 1.82) is 0 Å². The molecule has 0 spiro atoms. The van der Waals surface area contributed by atoms with E-state index in [-0.39, 0.29) is 0 Å². The zero-order valence-electron chi connectivity index (χ0n) is 8.81. The first kappa shape index (κ1) is 10.4. The molecule has 2 heterocycles. The van der Waals surface area contributed by atoms with Crippen LogP contribution in [0.2, 0.25) is 0 Å². The molecule has 14 heavy (non-hydrogen) atoms. The number of hydrogen-bond donors (Lipinski definition) is 0. The standard InChI is InChI=1S/C9H9N3.C2H6/c1-8-2-3-9(11-6-8)12-5-4-10-7-12;1-2/h2-7H,1H3;1-2H3. The summed E-state index contributed by atoms with van der Waals surface area (Å²) in [6.45, 7) is 6.02. The van der Waals surface area contributed by atoms with Crippen LogP contribution in [0.3, 0.4) is 0 Å². The number of aromatic nitrogens is 3. The highest BCUT2D eigenvalue weighted by Gasteiger charge is 1.93. The first-order valence-corrected chi connectivity index (χ1v) is 4.77. The van der Waals surface area contributed by atoms with Crippen LogP contribution in [0.25, 0.3) is 5.82 Å². The van der Waals surface area contributed by atoms with Gasteiger partial charge in [0.2, 0.25) is 0 Å². The maximum atomic E-state index is 4.24. The first-order chi connectivity index (χ1) is 6.86. The van der Waals surface area contributed by atoms with E-state index >= 15 is 0 Å². The molecule has 0 aliphatic carbocycles. The summed E-state index contributed by atoms with van der Waals surface area (Å²) in [4.78, 5) is 8.19. The lowest BCUT2D eigenvalue weighted by Crippen LogP contribution is -1.93. The Bertz CT molecular complexity index is 349. The molecule has 0 unspecified atom stereocenters. The number of pyridine rings is 1. The fourth-order valence-corrected chi connectivity index (χ4v) is 1.01. The monoisotopic (exact) mass is 189 g/mol. The van der Waals surface area contributed by atoms with E-state index in [2.05, 4.69) is 9.97 Å². The Morgan fingerprint density at radius 3 is 2.50 bits per heavy atom. The molecular weight excluding hydrogens is 174 g/mol. The SMILES string of the molecule is CC.Cc1ccc(-n2ccnc2)nc1. The maximum absolute atomic E-state index is 4.24. The van der Waals surface area contributed by atoms with E-state index in [4.69, 9.17) is 0 Å². The number of aryl methyl sites for hydroxylation is 1. The van der Waals surface area contributed by atoms with Crippen molar-refractivity contribution in [2.75, 3.05) is 0 Å². The van der Waals surface area contributed by atoms with Crippen molar-refractivity contribution in [3.63, 3.8) is 0 Å². The van der Waals surface area contributed by atoms with E-state index < -0.39 is 0 Å². The molecule has 0 amide bonds. The lowest BCUT2D eigenvalue weighted by molar-refractivity contribution is 0.988. The van der Waals surface area contributed by atoms with Gasteiger partial charge in [-0.15, -0.1) is 0 Å². The van der Waals surface area contributed by atoms with Gasteiger partial charge in [-0.1, -0.05) is 19.9 Å². The topological polar surface area (TPSA) is 30.7 Å². The Balaban J connectivity index is 0.000000461. The zero-order chi connectivity index (χ0) is 10.4. The van der Waals surface area contributed by atoms with E-state index in [0.717, 1.165) is 5.82 Å². The van der Waals surface area contributed by atoms with Gasteiger partial charge in [-0.2, -0.15) is 0 Å². The fraction of sp³-hybridized carbons (Fsp3) is 0.273. The van der Waals surface area contributed by atoms with E-state index in [0.29, 0.717) is 0 Å². The predicted molar refractivity (Wildman–Crippen MR) is 57.4 cm³/mol. The summed E-state index contributed by atoms with van der Waals surface area (Å²) in [7, 11) is 0. The molecule has 0 aromatic carbocycles. The second kappa shape index (κ2) is 5.17. The van der Waals surface area contributed by atoms with Crippen molar-refractivity contribution in [2.45, 2.75) is 20.8 Å². The van der Waals surface area contributed by atoms with Crippen LogP contribution in [0.4, 0.5) is 0 Å². The molecule has 3 heteroatoms. The van der Waals surface area contributed by atoms with E-state index in [1.165, 1.54) is 5.56 Å². The van der Waals surface area contributed by atoms with E-state index in [9.17, 15) is 0 Å². The maximum Gasteiger partial charge on any atom is 0.137 e. The second-order valence-electron chi connectivity index (χ2n) is 2.66. The average Bonchev–Trinajstić information content (AvgIpc) is 2.75. The highest BCUT2D eigenvalue weighted by atomic mass is 15.1. The molecule has 0 N–H and O–H groups in total. The lowest BCUT2D eigenvalue weighted by Gasteiger charge is -1.99. The van der Waals surface area contributed by atoms with Crippen LogP contribution in [-0.4, -0.2) is 14.5 Å². The van der Waals surface area contributed by atoms with Gasteiger partial charge in [0.25, 0.3) is 0 Å². The zero-order valence-corrected chi connectivity index (χ0v) is 8.81. The van der Waals surface area contributed by atoms with Crippen molar-refractivity contribution in [2.24, 2.45) is 0 Å². The van der Waals surface area contributed by atoms with Crippen molar-refractivity contribution in [3.8, 4) is 5.82 Å². The van der Waals surface area contributed by atoms with Crippen molar-refractivity contribution in [3.05, 3.63) is 42.6 Å². The molecular formula is C11H15N3. The van der Waals surface area contributed by atoms with Gasteiger partial charge in [-0.25, -0.2) is 9.97 Å². The minimum atomic E-state index is 0.901. The van der Waals surface area contributed by atoms with Crippen LogP contribution < -0.4 is 0 Å². The molecule has 0 saturated heterocycles.